The van der Waals surface area contributed by atoms with Crippen molar-refractivity contribution in [1.82, 2.24) is 10.6 Å². The van der Waals surface area contributed by atoms with Crippen molar-refractivity contribution >= 4 is 11.8 Å². The first-order chi connectivity index (χ1) is 13.1. The topological polar surface area (TPSA) is 76.7 Å². The fourth-order valence-corrected chi connectivity index (χ4v) is 3.27. The molecular weight excluding hydrogens is 344 g/mol. The van der Waals surface area contributed by atoms with Crippen molar-refractivity contribution in [3.8, 4) is 11.5 Å². The van der Waals surface area contributed by atoms with Gasteiger partial charge in [-0.2, -0.15) is 0 Å². The van der Waals surface area contributed by atoms with Gasteiger partial charge in [-0.05, 0) is 42.2 Å². The minimum atomic E-state index is -0.240. The molecule has 4 rings (SSSR count). The number of hydrogen-bond acceptors (Lipinski definition) is 4. The standard InChI is InChI=1S/C21H22N2O4/c1-13-4-2-3-5-15(13)11-23-21(25)17-9-16(17)20(24)22-10-14-6-7-18-19(8-14)27-12-26-18/h2-8,16-17H,9-12H2,1H3,(H,22,24)(H,23,25). The van der Waals surface area contributed by atoms with Crippen molar-refractivity contribution < 1.29 is 19.1 Å². The van der Waals surface area contributed by atoms with Gasteiger partial charge in [0.25, 0.3) is 0 Å². The zero-order valence-electron chi connectivity index (χ0n) is 15.2. The molecule has 2 aromatic rings. The van der Waals surface area contributed by atoms with E-state index in [9.17, 15) is 9.59 Å². The monoisotopic (exact) mass is 366 g/mol. The van der Waals surface area contributed by atoms with E-state index < -0.39 is 0 Å². The maximum absolute atomic E-state index is 12.3. The first kappa shape index (κ1) is 17.4. The van der Waals surface area contributed by atoms with E-state index >= 15 is 0 Å². The van der Waals surface area contributed by atoms with Crippen molar-refractivity contribution in [3.05, 3.63) is 59.2 Å². The van der Waals surface area contributed by atoms with Gasteiger partial charge >= 0.3 is 0 Å². The van der Waals surface area contributed by atoms with E-state index in [2.05, 4.69) is 10.6 Å². The lowest BCUT2D eigenvalue weighted by molar-refractivity contribution is -0.127. The summed E-state index contributed by atoms with van der Waals surface area (Å²) in [5.74, 6) is 0.811. The van der Waals surface area contributed by atoms with Gasteiger partial charge in [0, 0.05) is 13.1 Å². The van der Waals surface area contributed by atoms with E-state index in [1.807, 2.05) is 49.4 Å². The quantitative estimate of drug-likeness (QED) is 0.822. The zero-order valence-corrected chi connectivity index (χ0v) is 15.2. The van der Waals surface area contributed by atoms with Crippen LogP contribution in [0.25, 0.3) is 0 Å². The average Bonchev–Trinajstić information content (AvgIpc) is 3.35. The number of rotatable bonds is 6. The summed E-state index contributed by atoms with van der Waals surface area (Å²) in [6, 6.07) is 13.5. The van der Waals surface area contributed by atoms with Gasteiger partial charge in [-0.1, -0.05) is 30.3 Å². The third-order valence-electron chi connectivity index (χ3n) is 5.08. The second kappa shape index (κ2) is 7.31. The van der Waals surface area contributed by atoms with Crippen LogP contribution in [0, 0.1) is 18.8 Å². The predicted octanol–water partition coefficient (Wildman–Crippen LogP) is 2.29. The summed E-state index contributed by atoms with van der Waals surface area (Å²) < 4.78 is 10.6. The lowest BCUT2D eigenvalue weighted by atomic mass is 10.1. The van der Waals surface area contributed by atoms with Crippen LogP contribution in [0.3, 0.4) is 0 Å². The van der Waals surface area contributed by atoms with Gasteiger partial charge in [0.15, 0.2) is 11.5 Å². The van der Waals surface area contributed by atoms with Crippen molar-refractivity contribution in [2.75, 3.05) is 6.79 Å². The molecule has 0 aromatic heterocycles. The van der Waals surface area contributed by atoms with Gasteiger partial charge in [-0.25, -0.2) is 0 Å². The number of nitrogens with one attached hydrogen (secondary N) is 2. The zero-order chi connectivity index (χ0) is 18.8. The minimum absolute atomic E-state index is 0.0542. The Morgan fingerprint density at radius 3 is 2.44 bits per heavy atom. The molecule has 2 aromatic carbocycles. The number of hydrogen-bond donors (Lipinski definition) is 2. The second-order valence-electron chi connectivity index (χ2n) is 7.00. The molecule has 0 spiro atoms. The Morgan fingerprint density at radius 1 is 0.963 bits per heavy atom. The molecule has 0 radical (unpaired) electrons. The number of amides is 2. The molecule has 2 atom stereocenters. The molecule has 2 N–H and O–H groups in total. The van der Waals surface area contributed by atoms with Gasteiger partial charge in [0.05, 0.1) is 11.8 Å². The van der Waals surface area contributed by atoms with Crippen molar-refractivity contribution in [1.29, 1.82) is 0 Å². The SMILES string of the molecule is Cc1ccccc1CNC(=O)C1CC1C(=O)NCc1ccc2c(c1)OCO2. The van der Waals surface area contributed by atoms with Gasteiger partial charge in [-0.3, -0.25) is 9.59 Å². The Labute approximate surface area is 157 Å². The maximum Gasteiger partial charge on any atom is 0.231 e. The van der Waals surface area contributed by atoms with Crippen LogP contribution in [-0.4, -0.2) is 18.6 Å². The number of fused-ring (bicyclic) bond motifs is 1. The number of carbonyl (C=O) groups is 2. The maximum atomic E-state index is 12.3. The van der Waals surface area contributed by atoms with Crippen LogP contribution >= 0.6 is 0 Å². The van der Waals surface area contributed by atoms with Crippen LogP contribution in [0.5, 0.6) is 11.5 Å². The van der Waals surface area contributed by atoms with Crippen LogP contribution < -0.4 is 20.1 Å². The van der Waals surface area contributed by atoms with Crippen LogP contribution in [0.4, 0.5) is 0 Å². The van der Waals surface area contributed by atoms with E-state index in [0.717, 1.165) is 22.4 Å². The third kappa shape index (κ3) is 3.89. The highest BCUT2D eigenvalue weighted by molar-refractivity contribution is 5.92. The lowest BCUT2D eigenvalue weighted by Crippen LogP contribution is -2.29. The Bertz CT molecular complexity index is 880. The summed E-state index contributed by atoms with van der Waals surface area (Å²) in [4.78, 5) is 24.6. The molecule has 140 valence electrons. The normalized spacial score (nSPS) is 19.4. The number of benzene rings is 2. The molecule has 1 saturated carbocycles. The summed E-state index contributed by atoms with van der Waals surface area (Å²) >= 11 is 0. The molecule has 0 saturated heterocycles. The Kier molecular flexibility index (Phi) is 4.71. The molecule has 1 fully saturated rings. The lowest BCUT2D eigenvalue weighted by Gasteiger charge is -2.08. The van der Waals surface area contributed by atoms with Gasteiger partial charge in [0.1, 0.15) is 0 Å². The number of aryl methyl sites for hydroxylation is 1. The molecule has 6 nitrogen and oxygen atoms in total. The molecule has 2 amide bonds. The fourth-order valence-electron chi connectivity index (χ4n) is 3.27. The van der Waals surface area contributed by atoms with E-state index in [1.165, 1.54) is 0 Å². The Hall–Kier alpha value is -3.02. The molecule has 2 unspecified atom stereocenters. The number of carbonyl (C=O) groups excluding carboxylic acids is 2. The summed E-state index contributed by atoms with van der Waals surface area (Å²) in [5, 5.41) is 5.84. The summed E-state index contributed by atoms with van der Waals surface area (Å²) in [6.45, 7) is 3.15. The highest BCUT2D eigenvalue weighted by Crippen LogP contribution is 2.39. The van der Waals surface area contributed by atoms with Gasteiger partial charge in [0.2, 0.25) is 18.6 Å². The van der Waals surface area contributed by atoms with Crippen LogP contribution in [0.15, 0.2) is 42.5 Å². The van der Waals surface area contributed by atoms with Gasteiger partial charge in [-0.15, -0.1) is 0 Å². The van der Waals surface area contributed by atoms with E-state index in [4.69, 9.17) is 9.47 Å². The molecule has 2 aliphatic rings. The van der Waals surface area contributed by atoms with Crippen LogP contribution in [0.1, 0.15) is 23.1 Å². The fraction of sp³-hybridized carbons (Fsp3) is 0.333. The van der Waals surface area contributed by atoms with Crippen molar-refractivity contribution in [2.45, 2.75) is 26.4 Å². The summed E-state index contributed by atoms with van der Waals surface area (Å²) in [7, 11) is 0. The second-order valence-corrected chi connectivity index (χ2v) is 7.00. The Balaban J connectivity index is 1.24. The molecule has 1 aliphatic heterocycles. The van der Waals surface area contributed by atoms with Crippen molar-refractivity contribution in [3.63, 3.8) is 0 Å². The number of ether oxygens (including phenoxy) is 2. The highest BCUT2D eigenvalue weighted by atomic mass is 16.7. The molecular formula is C21H22N2O4. The average molecular weight is 366 g/mol. The first-order valence-corrected chi connectivity index (χ1v) is 9.10. The predicted molar refractivity (Wildman–Crippen MR) is 99.0 cm³/mol. The molecule has 6 heteroatoms. The summed E-state index contributed by atoms with van der Waals surface area (Å²) in [5.41, 5.74) is 3.18. The minimum Gasteiger partial charge on any atom is -0.454 e. The molecule has 27 heavy (non-hydrogen) atoms. The highest BCUT2D eigenvalue weighted by Gasteiger charge is 2.47. The molecule has 1 aliphatic carbocycles. The summed E-state index contributed by atoms with van der Waals surface area (Å²) in [6.07, 6.45) is 0.604. The molecule has 0 bridgehead atoms. The Morgan fingerprint density at radius 2 is 1.67 bits per heavy atom. The third-order valence-corrected chi connectivity index (χ3v) is 5.08. The van der Waals surface area contributed by atoms with Crippen LogP contribution in [0.2, 0.25) is 0 Å². The van der Waals surface area contributed by atoms with Crippen LogP contribution in [-0.2, 0) is 22.7 Å². The van der Waals surface area contributed by atoms with E-state index in [0.29, 0.717) is 25.3 Å². The van der Waals surface area contributed by atoms with Crippen molar-refractivity contribution in [2.24, 2.45) is 11.8 Å². The first-order valence-electron chi connectivity index (χ1n) is 9.10. The van der Waals surface area contributed by atoms with Gasteiger partial charge < -0.3 is 20.1 Å². The smallest absolute Gasteiger partial charge is 0.231 e. The van der Waals surface area contributed by atoms with E-state index in [-0.39, 0.29) is 30.4 Å². The van der Waals surface area contributed by atoms with E-state index in [1.54, 1.807) is 0 Å². The largest absolute Gasteiger partial charge is 0.454 e. The molecule has 1 heterocycles.